The standard InChI is InChI=1S/C16H15N7O2/c1-10-5-6-17-13(7-10)22-16-14(23(24)25)15(19-9-20-16)21-12-4-3-11(2)8-18-12/h3-9H,1-2H3,(H2,17,18,19,20,21,22). The van der Waals surface area contributed by atoms with E-state index in [0.29, 0.717) is 11.6 Å². The van der Waals surface area contributed by atoms with Crippen LogP contribution in [0, 0.1) is 24.0 Å². The van der Waals surface area contributed by atoms with Gasteiger partial charge in [0.1, 0.15) is 18.0 Å². The maximum atomic E-state index is 11.5. The summed E-state index contributed by atoms with van der Waals surface area (Å²) in [5, 5.41) is 17.3. The first-order valence-corrected chi connectivity index (χ1v) is 7.41. The van der Waals surface area contributed by atoms with Gasteiger partial charge in [0.15, 0.2) is 0 Å². The highest BCUT2D eigenvalue weighted by Gasteiger charge is 2.23. The quantitative estimate of drug-likeness (QED) is 0.538. The Morgan fingerprint density at radius 3 is 2.24 bits per heavy atom. The molecule has 0 aliphatic carbocycles. The molecule has 3 heterocycles. The number of nitro groups is 1. The Hall–Kier alpha value is -3.62. The number of pyridine rings is 2. The zero-order chi connectivity index (χ0) is 17.8. The van der Waals surface area contributed by atoms with Crippen LogP contribution in [-0.4, -0.2) is 24.9 Å². The molecule has 0 fully saturated rings. The molecule has 0 saturated carbocycles. The molecule has 0 saturated heterocycles. The first kappa shape index (κ1) is 16.2. The van der Waals surface area contributed by atoms with Crippen LogP contribution in [0.3, 0.4) is 0 Å². The maximum Gasteiger partial charge on any atom is 0.354 e. The van der Waals surface area contributed by atoms with Crippen molar-refractivity contribution in [1.82, 2.24) is 19.9 Å². The average Bonchev–Trinajstić information content (AvgIpc) is 2.57. The van der Waals surface area contributed by atoms with E-state index in [-0.39, 0.29) is 17.3 Å². The summed E-state index contributed by atoms with van der Waals surface area (Å²) in [5.41, 5.74) is 1.67. The lowest BCUT2D eigenvalue weighted by Crippen LogP contribution is -2.06. The van der Waals surface area contributed by atoms with Crippen LogP contribution in [0.1, 0.15) is 11.1 Å². The monoisotopic (exact) mass is 337 g/mol. The van der Waals surface area contributed by atoms with Crippen LogP contribution in [-0.2, 0) is 0 Å². The third kappa shape index (κ3) is 3.83. The van der Waals surface area contributed by atoms with Crippen molar-refractivity contribution in [1.29, 1.82) is 0 Å². The van der Waals surface area contributed by atoms with Crippen LogP contribution >= 0.6 is 0 Å². The van der Waals surface area contributed by atoms with Crippen LogP contribution in [0.5, 0.6) is 0 Å². The fraction of sp³-hybridized carbons (Fsp3) is 0.125. The van der Waals surface area contributed by atoms with Crippen LogP contribution in [0.25, 0.3) is 0 Å². The molecule has 0 radical (unpaired) electrons. The van der Waals surface area contributed by atoms with Crippen molar-refractivity contribution in [2.24, 2.45) is 0 Å². The van der Waals surface area contributed by atoms with E-state index in [4.69, 9.17) is 0 Å². The van der Waals surface area contributed by atoms with Crippen LogP contribution in [0.15, 0.2) is 43.0 Å². The van der Waals surface area contributed by atoms with Crippen molar-refractivity contribution in [3.63, 3.8) is 0 Å². The Morgan fingerprint density at radius 2 is 1.64 bits per heavy atom. The van der Waals surface area contributed by atoms with Gasteiger partial charge >= 0.3 is 5.69 Å². The van der Waals surface area contributed by atoms with E-state index in [1.807, 2.05) is 26.0 Å². The van der Waals surface area contributed by atoms with Gasteiger partial charge in [-0.1, -0.05) is 6.07 Å². The minimum Gasteiger partial charge on any atom is -0.319 e. The van der Waals surface area contributed by atoms with Crippen molar-refractivity contribution in [3.8, 4) is 0 Å². The van der Waals surface area contributed by atoms with Crippen LogP contribution < -0.4 is 10.6 Å². The third-order valence-electron chi connectivity index (χ3n) is 3.32. The van der Waals surface area contributed by atoms with E-state index in [1.54, 1.807) is 24.5 Å². The largest absolute Gasteiger partial charge is 0.354 e. The Bertz CT molecular complexity index is 913. The Morgan fingerprint density at radius 1 is 0.920 bits per heavy atom. The van der Waals surface area contributed by atoms with Crippen molar-refractivity contribution >= 4 is 29.0 Å². The molecule has 0 aromatic carbocycles. The minimum absolute atomic E-state index is 0.0477. The lowest BCUT2D eigenvalue weighted by atomic mass is 10.3. The van der Waals surface area contributed by atoms with Gasteiger partial charge in [0.2, 0.25) is 11.6 Å². The van der Waals surface area contributed by atoms with Crippen LogP contribution in [0.4, 0.5) is 29.0 Å². The van der Waals surface area contributed by atoms with Crippen molar-refractivity contribution in [3.05, 3.63) is 64.2 Å². The van der Waals surface area contributed by atoms with Crippen molar-refractivity contribution in [2.45, 2.75) is 13.8 Å². The molecular formula is C16H15N7O2. The summed E-state index contributed by atoms with van der Waals surface area (Å²) in [7, 11) is 0. The first-order chi connectivity index (χ1) is 12.0. The van der Waals surface area contributed by atoms with E-state index in [9.17, 15) is 10.1 Å². The number of rotatable bonds is 5. The molecule has 0 spiro atoms. The van der Waals surface area contributed by atoms with Crippen molar-refractivity contribution in [2.75, 3.05) is 10.6 Å². The molecule has 0 atom stereocenters. The number of aryl methyl sites for hydroxylation is 2. The van der Waals surface area contributed by atoms with Gasteiger partial charge in [0.25, 0.3) is 0 Å². The fourth-order valence-corrected chi connectivity index (χ4v) is 2.12. The number of hydrogen-bond acceptors (Lipinski definition) is 8. The van der Waals surface area contributed by atoms with Gasteiger partial charge in [0.05, 0.1) is 4.92 Å². The summed E-state index contributed by atoms with van der Waals surface area (Å²) in [6.45, 7) is 3.80. The molecule has 126 valence electrons. The zero-order valence-electron chi connectivity index (χ0n) is 13.6. The predicted octanol–water partition coefficient (Wildman–Crippen LogP) is 3.28. The number of nitrogens with zero attached hydrogens (tertiary/aromatic N) is 5. The maximum absolute atomic E-state index is 11.5. The van der Waals surface area contributed by atoms with Gasteiger partial charge in [-0.3, -0.25) is 10.1 Å². The van der Waals surface area contributed by atoms with Gasteiger partial charge in [-0.05, 0) is 43.2 Å². The molecule has 0 amide bonds. The molecule has 0 bridgehead atoms. The molecule has 25 heavy (non-hydrogen) atoms. The second-order valence-electron chi connectivity index (χ2n) is 5.37. The number of anilines is 4. The Kier molecular flexibility index (Phi) is 4.46. The van der Waals surface area contributed by atoms with E-state index in [2.05, 4.69) is 30.6 Å². The summed E-state index contributed by atoms with van der Waals surface area (Å²) in [6, 6.07) is 7.16. The average molecular weight is 337 g/mol. The molecule has 0 aliphatic heterocycles. The normalized spacial score (nSPS) is 10.3. The predicted molar refractivity (Wildman–Crippen MR) is 93.2 cm³/mol. The Labute approximate surface area is 143 Å². The van der Waals surface area contributed by atoms with Gasteiger partial charge in [-0.25, -0.2) is 19.9 Å². The molecule has 9 nitrogen and oxygen atoms in total. The topological polar surface area (TPSA) is 119 Å². The summed E-state index contributed by atoms with van der Waals surface area (Å²) >= 11 is 0. The Balaban J connectivity index is 1.96. The fourth-order valence-electron chi connectivity index (χ4n) is 2.12. The molecule has 0 unspecified atom stereocenters. The van der Waals surface area contributed by atoms with Gasteiger partial charge in [0, 0.05) is 12.4 Å². The summed E-state index contributed by atoms with van der Waals surface area (Å²) in [6.07, 6.45) is 4.51. The zero-order valence-corrected chi connectivity index (χ0v) is 13.6. The highest BCUT2D eigenvalue weighted by Crippen LogP contribution is 2.32. The SMILES string of the molecule is Cc1ccc(Nc2ncnc(Nc3cc(C)ccn3)c2[N+](=O)[O-])nc1. The van der Waals surface area contributed by atoms with E-state index < -0.39 is 4.92 Å². The highest BCUT2D eigenvalue weighted by atomic mass is 16.6. The summed E-state index contributed by atoms with van der Waals surface area (Å²) in [5.74, 6) is 1.01. The molecule has 9 heteroatoms. The molecule has 3 aromatic rings. The second kappa shape index (κ2) is 6.87. The second-order valence-corrected chi connectivity index (χ2v) is 5.37. The van der Waals surface area contributed by atoms with E-state index in [1.165, 1.54) is 6.33 Å². The molecule has 3 aromatic heterocycles. The highest BCUT2D eigenvalue weighted by molar-refractivity contribution is 5.75. The van der Waals surface area contributed by atoms with Gasteiger partial charge in [-0.15, -0.1) is 0 Å². The number of aromatic nitrogens is 4. The lowest BCUT2D eigenvalue weighted by Gasteiger charge is -2.09. The lowest BCUT2D eigenvalue weighted by molar-refractivity contribution is -0.383. The molecular weight excluding hydrogens is 322 g/mol. The van der Waals surface area contributed by atoms with E-state index in [0.717, 1.165) is 11.1 Å². The molecule has 3 rings (SSSR count). The van der Waals surface area contributed by atoms with Gasteiger partial charge < -0.3 is 10.6 Å². The summed E-state index contributed by atoms with van der Waals surface area (Å²) < 4.78 is 0. The first-order valence-electron chi connectivity index (χ1n) is 7.41. The smallest absolute Gasteiger partial charge is 0.319 e. The van der Waals surface area contributed by atoms with E-state index >= 15 is 0 Å². The van der Waals surface area contributed by atoms with Crippen molar-refractivity contribution < 1.29 is 4.92 Å². The number of nitrogens with one attached hydrogen (secondary N) is 2. The minimum atomic E-state index is -0.547. The van der Waals surface area contributed by atoms with Gasteiger partial charge in [-0.2, -0.15) is 0 Å². The third-order valence-corrected chi connectivity index (χ3v) is 3.32. The molecule has 0 aliphatic rings. The number of hydrogen-bond donors (Lipinski definition) is 2. The van der Waals surface area contributed by atoms with Crippen LogP contribution in [0.2, 0.25) is 0 Å². The molecule has 2 N–H and O–H groups in total. The summed E-state index contributed by atoms with van der Waals surface area (Å²) in [4.78, 5) is 27.3.